The molecule has 1 aliphatic heterocycles. The summed E-state index contributed by atoms with van der Waals surface area (Å²) < 4.78 is 19.0. The van der Waals surface area contributed by atoms with Gasteiger partial charge < -0.3 is 10.1 Å². The quantitative estimate of drug-likeness (QED) is 0.900. The van der Waals surface area contributed by atoms with Crippen molar-refractivity contribution in [2.75, 3.05) is 6.54 Å². The largest absolute Gasteiger partial charge is 0.488 e. The molecular formula is C16H22FNO. The van der Waals surface area contributed by atoms with Crippen molar-refractivity contribution in [3.8, 4) is 5.75 Å². The highest BCUT2D eigenvalue weighted by Gasteiger charge is 2.26. The summed E-state index contributed by atoms with van der Waals surface area (Å²) in [6, 6.07) is 5.36. The minimum absolute atomic E-state index is 0.153. The molecule has 1 heterocycles. The fourth-order valence-electron chi connectivity index (χ4n) is 3.34. The average molecular weight is 263 g/mol. The van der Waals surface area contributed by atoms with Crippen molar-refractivity contribution in [1.82, 2.24) is 5.32 Å². The second-order valence-electron chi connectivity index (χ2n) is 5.94. The van der Waals surface area contributed by atoms with Crippen LogP contribution in [0.1, 0.15) is 38.2 Å². The van der Waals surface area contributed by atoms with E-state index >= 15 is 0 Å². The maximum Gasteiger partial charge on any atom is 0.123 e. The predicted octanol–water partition coefficient (Wildman–Crippen LogP) is 3.30. The highest BCUT2D eigenvalue weighted by atomic mass is 19.1. The highest BCUT2D eigenvalue weighted by Crippen LogP contribution is 2.30. The first-order valence-electron chi connectivity index (χ1n) is 7.41. The fourth-order valence-corrected chi connectivity index (χ4v) is 3.34. The molecule has 2 nitrogen and oxygen atoms in total. The summed E-state index contributed by atoms with van der Waals surface area (Å²) in [6.45, 7) is 3.13. The van der Waals surface area contributed by atoms with Crippen LogP contribution < -0.4 is 10.1 Å². The fraction of sp³-hybridized carbons (Fsp3) is 0.625. The van der Waals surface area contributed by atoms with Crippen LogP contribution >= 0.6 is 0 Å². The molecule has 1 aromatic rings. The molecule has 1 unspecified atom stereocenters. The molecule has 3 rings (SSSR count). The summed E-state index contributed by atoms with van der Waals surface area (Å²) in [4.78, 5) is 0. The standard InChI is InChI=1S/C16H22FNO/c1-11(12-4-2-3-5-12)18-10-15-9-13-8-14(17)6-7-16(13)19-15/h6-8,11-12,15,18H,2-5,9-10H2,1H3/t11-,15?/m0/s1. The van der Waals surface area contributed by atoms with Crippen LogP contribution in [0.25, 0.3) is 0 Å². The minimum Gasteiger partial charge on any atom is -0.488 e. The van der Waals surface area contributed by atoms with Gasteiger partial charge in [-0.3, -0.25) is 0 Å². The van der Waals surface area contributed by atoms with Crippen LogP contribution in [0.15, 0.2) is 18.2 Å². The third kappa shape index (κ3) is 2.92. The van der Waals surface area contributed by atoms with Crippen LogP contribution in [0.3, 0.4) is 0 Å². The molecule has 0 bridgehead atoms. The van der Waals surface area contributed by atoms with Crippen molar-refractivity contribution in [3.05, 3.63) is 29.6 Å². The van der Waals surface area contributed by atoms with E-state index in [0.29, 0.717) is 6.04 Å². The number of halogens is 1. The van der Waals surface area contributed by atoms with Gasteiger partial charge in [0.15, 0.2) is 0 Å². The molecule has 1 fully saturated rings. The Morgan fingerprint density at radius 1 is 1.37 bits per heavy atom. The number of benzene rings is 1. The SMILES string of the molecule is C[C@H](NCC1Cc2cc(F)ccc2O1)C1CCCC1. The molecule has 1 N–H and O–H groups in total. The van der Waals surface area contributed by atoms with Crippen molar-refractivity contribution < 1.29 is 9.13 Å². The third-order valence-corrected chi connectivity index (χ3v) is 4.54. The van der Waals surface area contributed by atoms with E-state index in [9.17, 15) is 4.39 Å². The Bertz CT molecular complexity index is 442. The first-order valence-corrected chi connectivity index (χ1v) is 7.41. The van der Waals surface area contributed by atoms with Gasteiger partial charge in [-0.1, -0.05) is 12.8 Å². The van der Waals surface area contributed by atoms with Gasteiger partial charge >= 0.3 is 0 Å². The summed E-state index contributed by atoms with van der Waals surface area (Å²) in [6.07, 6.45) is 6.43. The van der Waals surface area contributed by atoms with Gasteiger partial charge in [0, 0.05) is 24.6 Å². The molecule has 0 spiro atoms. The second kappa shape index (κ2) is 5.49. The molecule has 0 aromatic heterocycles. The summed E-state index contributed by atoms with van der Waals surface area (Å²) in [5.74, 6) is 1.50. The van der Waals surface area contributed by atoms with E-state index in [1.807, 2.05) is 0 Å². The van der Waals surface area contributed by atoms with Gasteiger partial charge in [0.25, 0.3) is 0 Å². The number of hydrogen-bond donors (Lipinski definition) is 1. The average Bonchev–Trinajstić information content (AvgIpc) is 3.04. The summed E-state index contributed by atoms with van der Waals surface area (Å²) in [7, 11) is 0. The molecule has 2 aliphatic rings. The van der Waals surface area contributed by atoms with Crippen LogP contribution in [-0.2, 0) is 6.42 Å². The molecule has 0 saturated heterocycles. The Morgan fingerprint density at radius 3 is 2.95 bits per heavy atom. The van der Waals surface area contributed by atoms with E-state index in [1.165, 1.54) is 31.7 Å². The normalized spacial score (nSPS) is 24.2. The lowest BCUT2D eigenvalue weighted by atomic mass is 9.99. The number of rotatable bonds is 4. The molecule has 104 valence electrons. The third-order valence-electron chi connectivity index (χ3n) is 4.54. The van der Waals surface area contributed by atoms with Crippen LogP contribution in [-0.4, -0.2) is 18.7 Å². The zero-order chi connectivity index (χ0) is 13.2. The molecule has 1 aliphatic carbocycles. The molecule has 0 amide bonds. The molecule has 19 heavy (non-hydrogen) atoms. The first kappa shape index (κ1) is 12.9. The van der Waals surface area contributed by atoms with Crippen molar-refractivity contribution >= 4 is 0 Å². The zero-order valence-corrected chi connectivity index (χ0v) is 11.5. The lowest BCUT2D eigenvalue weighted by Gasteiger charge is -2.22. The van der Waals surface area contributed by atoms with Crippen LogP contribution in [0.4, 0.5) is 4.39 Å². The maximum atomic E-state index is 13.1. The van der Waals surface area contributed by atoms with Gasteiger partial charge in [0.1, 0.15) is 17.7 Å². The van der Waals surface area contributed by atoms with Crippen LogP contribution in [0.5, 0.6) is 5.75 Å². The van der Waals surface area contributed by atoms with Crippen molar-refractivity contribution in [3.63, 3.8) is 0 Å². The number of hydrogen-bond acceptors (Lipinski definition) is 2. The first-order chi connectivity index (χ1) is 9.22. The number of fused-ring (bicyclic) bond motifs is 1. The Kier molecular flexibility index (Phi) is 3.74. The van der Waals surface area contributed by atoms with Gasteiger partial charge in [0.2, 0.25) is 0 Å². The molecular weight excluding hydrogens is 241 g/mol. The molecule has 2 atom stereocenters. The lowest BCUT2D eigenvalue weighted by molar-refractivity contribution is 0.214. The maximum absolute atomic E-state index is 13.1. The van der Waals surface area contributed by atoms with Gasteiger partial charge in [0.05, 0.1) is 0 Å². The van der Waals surface area contributed by atoms with Gasteiger partial charge in [-0.15, -0.1) is 0 Å². The van der Waals surface area contributed by atoms with Gasteiger partial charge in [-0.25, -0.2) is 4.39 Å². The van der Waals surface area contributed by atoms with Crippen molar-refractivity contribution in [2.45, 2.75) is 51.2 Å². The van der Waals surface area contributed by atoms with Crippen LogP contribution in [0, 0.1) is 11.7 Å². The monoisotopic (exact) mass is 263 g/mol. The molecule has 1 aromatic carbocycles. The minimum atomic E-state index is -0.171. The topological polar surface area (TPSA) is 21.3 Å². The van der Waals surface area contributed by atoms with E-state index in [1.54, 1.807) is 12.1 Å². The number of nitrogens with one attached hydrogen (secondary N) is 1. The Morgan fingerprint density at radius 2 is 2.16 bits per heavy atom. The molecule has 1 saturated carbocycles. The van der Waals surface area contributed by atoms with Gasteiger partial charge in [-0.05, 0) is 43.9 Å². The molecule has 3 heteroatoms. The van der Waals surface area contributed by atoms with Crippen LogP contribution in [0.2, 0.25) is 0 Å². The Hall–Kier alpha value is -1.09. The Balaban J connectivity index is 1.50. The number of ether oxygens (including phenoxy) is 1. The van der Waals surface area contributed by atoms with E-state index in [0.717, 1.165) is 30.2 Å². The van der Waals surface area contributed by atoms with E-state index in [4.69, 9.17) is 4.74 Å². The van der Waals surface area contributed by atoms with E-state index in [2.05, 4.69) is 12.2 Å². The van der Waals surface area contributed by atoms with Gasteiger partial charge in [-0.2, -0.15) is 0 Å². The summed E-state index contributed by atoms with van der Waals surface area (Å²) in [5, 5.41) is 3.60. The highest BCUT2D eigenvalue weighted by molar-refractivity contribution is 5.37. The smallest absolute Gasteiger partial charge is 0.123 e. The van der Waals surface area contributed by atoms with Crippen molar-refractivity contribution in [1.29, 1.82) is 0 Å². The van der Waals surface area contributed by atoms with E-state index in [-0.39, 0.29) is 11.9 Å². The molecule has 0 radical (unpaired) electrons. The lowest BCUT2D eigenvalue weighted by Crippen LogP contribution is -2.39. The Labute approximate surface area is 114 Å². The summed E-state index contributed by atoms with van der Waals surface area (Å²) in [5.41, 5.74) is 1.00. The zero-order valence-electron chi connectivity index (χ0n) is 11.5. The van der Waals surface area contributed by atoms with E-state index < -0.39 is 0 Å². The predicted molar refractivity (Wildman–Crippen MR) is 73.9 cm³/mol. The summed E-state index contributed by atoms with van der Waals surface area (Å²) >= 11 is 0. The van der Waals surface area contributed by atoms with Crippen molar-refractivity contribution in [2.24, 2.45) is 5.92 Å². The second-order valence-corrected chi connectivity index (χ2v) is 5.94.